The molecule has 0 unspecified atom stereocenters. The first kappa shape index (κ1) is 16.1. The second-order valence-corrected chi connectivity index (χ2v) is 5.78. The van der Waals surface area contributed by atoms with E-state index >= 15 is 0 Å². The molecule has 0 saturated carbocycles. The zero-order chi connectivity index (χ0) is 13.9. The van der Waals surface area contributed by atoms with Crippen LogP contribution in [0, 0.1) is 11.8 Å². The molecule has 21 heavy (non-hydrogen) atoms. The summed E-state index contributed by atoms with van der Waals surface area (Å²) in [5.41, 5.74) is 0.760. The van der Waals surface area contributed by atoms with E-state index in [-0.39, 0.29) is 18.3 Å². The van der Waals surface area contributed by atoms with Crippen molar-refractivity contribution in [2.75, 3.05) is 33.3 Å². The molecule has 2 atom stereocenters. The first-order chi connectivity index (χ1) is 9.78. The number of hydrogen-bond donors (Lipinski definition) is 1. The predicted octanol–water partition coefficient (Wildman–Crippen LogP) is 2.19. The molecule has 2 saturated heterocycles. The van der Waals surface area contributed by atoms with Gasteiger partial charge in [0.2, 0.25) is 0 Å². The van der Waals surface area contributed by atoms with E-state index in [4.69, 9.17) is 4.74 Å². The molecule has 5 heteroatoms. The van der Waals surface area contributed by atoms with Crippen LogP contribution in [0.15, 0.2) is 24.3 Å². The van der Waals surface area contributed by atoms with Crippen molar-refractivity contribution in [1.82, 2.24) is 10.2 Å². The highest BCUT2D eigenvalue weighted by Crippen LogP contribution is 2.27. The number of carbonyl (C=O) groups is 1. The van der Waals surface area contributed by atoms with E-state index in [1.165, 1.54) is 0 Å². The van der Waals surface area contributed by atoms with Crippen LogP contribution in [0.1, 0.15) is 23.2 Å². The Balaban J connectivity index is 0.00000161. The molecule has 0 aliphatic carbocycles. The van der Waals surface area contributed by atoms with Crippen LogP contribution in [0.5, 0.6) is 5.75 Å². The fraction of sp³-hybridized carbons (Fsp3) is 0.562. The predicted molar refractivity (Wildman–Crippen MR) is 85.2 cm³/mol. The molecule has 2 aliphatic heterocycles. The minimum absolute atomic E-state index is 0. The van der Waals surface area contributed by atoms with Crippen molar-refractivity contribution in [3.05, 3.63) is 29.8 Å². The maximum Gasteiger partial charge on any atom is 0.253 e. The third-order valence-corrected chi connectivity index (χ3v) is 4.64. The van der Waals surface area contributed by atoms with E-state index in [2.05, 4.69) is 5.32 Å². The minimum atomic E-state index is 0. The second-order valence-electron chi connectivity index (χ2n) is 5.78. The van der Waals surface area contributed by atoms with E-state index in [9.17, 15) is 4.79 Å². The van der Waals surface area contributed by atoms with Crippen molar-refractivity contribution in [2.24, 2.45) is 11.8 Å². The number of fused-ring (bicyclic) bond motifs is 1. The lowest BCUT2D eigenvalue weighted by molar-refractivity contribution is 0.0758. The Labute approximate surface area is 132 Å². The van der Waals surface area contributed by atoms with Crippen molar-refractivity contribution < 1.29 is 9.53 Å². The average molecular weight is 311 g/mol. The molecule has 2 heterocycles. The molecule has 0 bridgehead atoms. The summed E-state index contributed by atoms with van der Waals surface area (Å²) < 4.78 is 5.13. The molecule has 0 radical (unpaired) electrons. The van der Waals surface area contributed by atoms with E-state index in [1.54, 1.807) is 7.11 Å². The molecular formula is C16H23ClN2O2. The summed E-state index contributed by atoms with van der Waals surface area (Å²) in [5, 5.41) is 3.46. The quantitative estimate of drug-likeness (QED) is 0.910. The molecule has 0 aromatic heterocycles. The lowest BCUT2D eigenvalue weighted by Gasteiger charge is -2.21. The van der Waals surface area contributed by atoms with Gasteiger partial charge in [0.25, 0.3) is 5.91 Å². The van der Waals surface area contributed by atoms with Gasteiger partial charge in [-0.3, -0.25) is 4.79 Å². The first-order valence-corrected chi connectivity index (χ1v) is 7.42. The molecule has 1 aromatic rings. The normalized spacial score (nSPS) is 24.7. The third-order valence-electron chi connectivity index (χ3n) is 4.64. The number of ether oxygens (including phenoxy) is 1. The summed E-state index contributed by atoms with van der Waals surface area (Å²) in [4.78, 5) is 14.6. The number of hydrogen-bond acceptors (Lipinski definition) is 3. The molecule has 2 fully saturated rings. The Morgan fingerprint density at radius 3 is 2.24 bits per heavy atom. The number of methoxy groups -OCH3 is 1. The van der Waals surface area contributed by atoms with Gasteiger partial charge in [0.15, 0.2) is 0 Å². The lowest BCUT2D eigenvalue weighted by atomic mass is 9.92. The average Bonchev–Trinajstić information content (AvgIpc) is 2.85. The van der Waals surface area contributed by atoms with Crippen LogP contribution in [0.25, 0.3) is 0 Å². The zero-order valence-electron chi connectivity index (χ0n) is 12.4. The third kappa shape index (κ3) is 3.50. The number of carbonyl (C=O) groups excluding carboxylic acids is 1. The van der Waals surface area contributed by atoms with E-state index in [0.717, 1.165) is 62.2 Å². The molecule has 0 spiro atoms. The molecule has 116 valence electrons. The monoisotopic (exact) mass is 310 g/mol. The summed E-state index contributed by atoms with van der Waals surface area (Å²) in [6.45, 7) is 4.01. The molecule has 2 aliphatic rings. The summed E-state index contributed by atoms with van der Waals surface area (Å²) in [6, 6.07) is 7.41. The molecule has 1 aromatic carbocycles. The van der Waals surface area contributed by atoms with Gasteiger partial charge in [-0.15, -0.1) is 12.4 Å². The number of nitrogens with one attached hydrogen (secondary N) is 1. The van der Waals surface area contributed by atoms with Crippen LogP contribution < -0.4 is 10.1 Å². The van der Waals surface area contributed by atoms with Crippen LogP contribution in [0.2, 0.25) is 0 Å². The van der Waals surface area contributed by atoms with E-state index in [0.29, 0.717) is 0 Å². The van der Waals surface area contributed by atoms with Gasteiger partial charge in [-0.05, 0) is 62.0 Å². The van der Waals surface area contributed by atoms with Gasteiger partial charge in [-0.2, -0.15) is 0 Å². The highest BCUT2D eigenvalue weighted by atomic mass is 35.5. The summed E-state index contributed by atoms with van der Waals surface area (Å²) in [5.74, 6) is 2.45. The number of likely N-dealkylation sites (tertiary alicyclic amines) is 1. The van der Waals surface area contributed by atoms with Crippen LogP contribution in [0.3, 0.4) is 0 Å². The fourth-order valence-corrected chi connectivity index (χ4v) is 3.34. The zero-order valence-corrected chi connectivity index (χ0v) is 13.2. The van der Waals surface area contributed by atoms with Crippen molar-refractivity contribution in [3.8, 4) is 5.75 Å². The van der Waals surface area contributed by atoms with E-state index in [1.807, 2.05) is 29.2 Å². The van der Waals surface area contributed by atoms with Gasteiger partial charge >= 0.3 is 0 Å². The summed E-state index contributed by atoms with van der Waals surface area (Å²) in [6.07, 6.45) is 2.25. The van der Waals surface area contributed by atoms with Gasteiger partial charge < -0.3 is 15.0 Å². The number of benzene rings is 1. The van der Waals surface area contributed by atoms with Crippen LogP contribution >= 0.6 is 12.4 Å². The maximum atomic E-state index is 12.5. The SMILES string of the molecule is COc1ccc(C(=O)N2CC[C@@H]3CNC[C@@H]3CC2)cc1.Cl. The minimum Gasteiger partial charge on any atom is -0.497 e. The van der Waals surface area contributed by atoms with Crippen LogP contribution in [0.4, 0.5) is 0 Å². The number of nitrogens with zero attached hydrogens (tertiary/aromatic N) is 1. The highest BCUT2D eigenvalue weighted by molar-refractivity contribution is 5.94. The number of rotatable bonds is 2. The van der Waals surface area contributed by atoms with Crippen molar-refractivity contribution in [1.29, 1.82) is 0 Å². The van der Waals surface area contributed by atoms with Crippen LogP contribution in [-0.2, 0) is 0 Å². The van der Waals surface area contributed by atoms with Crippen molar-refractivity contribution >= 4 is 18.3 Å². The van der Waals surface area contributed by atoms with Gasteiger partial charge in [0.05, 0.1) is 7.11 Å². The Morgan fingerprint density at radius 2 is 1.71 bits per heavy atom. The molecule has 4 nitrogen and oxygen atoms in total. The Hall–Kier alpha value is -1.26. The largest absolute Gasteiger partial charge is 0.497 e. The smallest absolute Gasteiger partial charge is 0.253 e. The highest BCUT2D eigenvalue weighted by Gasteiger charge is 2.31. The van der Waals surface area contributed by atoms with Crippen molar-refractivity contribution in [3.63, 3.8) is 0 Å². The first-order valence-electron chi connectivity index (χ1n) is 7.42. The Morgan fingerprint density at radius 1 is 1.14 bits per heavy atom. The summed E-state index contributed by atoms with van der Waals surface area (Å²) in [7, 11) is 1.64. The van der Waals surface area contributed by atoms with Gasteiger partial charge in [-0.1, -0.05) is 0 Å². The maximum absolute atomic E-state index is 12.5. The standard InChI is InChI=1S/C16H22N2O2.ClH/c1-20-15-4-2-12(3-5-15)16(19)18-8-6-13-10-17-11-14(13)7-9-18;/h2-5,13-14,17H,6-11H2,1H3;1H/t13-,14+;. The van der Waals surface area contributed by atoms with Gasteiger partial charge in [-0.25, -0.2) is 0 Å². The molecular weight excluding hydrogens is 288 g/mol. The van der Waals surface area contributed by atoms with E-state index < -0.39 is 0 Å². The van der Waals surface area contributed by atoms with Crippen LogP contribution in [-0.4, -0.2) is 44.1 Å². The molecule has 1 amide bonds. The second kappa shape index (κ2) is 7.14. The van der Waals surface area contributed by atoms with Gasteiger partial charge in [0, 0.05) is 18.7 Å². The van der Waals surface area contributed by atoms with Gasteiger partial charge in [0.1, 0.15) is 5.75 Å². The lowest BCUT2D eigenvalue weighted by Crippen LogP contribution is -2.32. The Bertz CT molecular complexity index is 464. The summed E-state index contributed by atoms with van der Waals surface area (Å²) >= 11 is 0. The topological polar surface area (TPSA) is 41.6 Å². The molecule has 3 rings (SSSR count). The fourth-order valence-electron chi connectivity index (χ4n) is 3.34. The number of halogens is 1. The van der Waals surface area contributed by atoms with Crippen molar-refractivity contribution in [2.45, 2.75) is 12.8 Å². The molecule has 1 N–H and O–H groups in total. The Kier molecular flexibility index (Phi) is 5.48. The number of amides is 1.